The molecular formula is C25H25F6N5O2. The number of nitrogens with zero attached hydrogens (tertiary/aromatic N) is 4. The first-order chi connectivity index (χ1) is 17.9. The standard InChI is InChI=1S/C25H25F6N5O2/c1-36-34-22(33-35-36)18-12-23(15-5-3-2-4-6-15)21(8-7-19(18)32-23)38-20(13-37)14-9-16(24(26,27)28)11-17(10-14)25(29,30)31/h2-6,9-11,18-21,32,37H,7-8,12-13H2,1H3. The first kappa shape index (κ1) is 26.6. The molecule has 7 nitrogen and oxygen atoms in total. The molecule has 2 aliphatic heterocycles. The molecule has 2 N–H and O–H groups in total. The highest BCUT2D eigenvalue weighted by Gasteiger charge is 2.56. The molecule has 0 amide bonds. The van der Waals surface area contributed by atoms with E-state index in [9.17, 15) is 31.4 Å². The van der Waals surface area contributed by atoms with Crippen LogP contribution in [0.1, 0.15) is 59.4 Å². The van der Waals surface area contributed by atoms with Crippen molar-refractivity contribution >= 4 is 0 Å². The van der Waals surface area contributed by atoms with Crippen molar-refractivity contribution in [3.63, 3.8) is 0 Å². The zero-order chi connectivity index (χ0) is 27.3. The van der Waals surface area contributed by atoms with Crippen molar-refractivity contribution in [1.29, 1.82) is 0 Å². The summed E-state index contributed by atoms with van der Waals surface area (Å²) in [4.78, 5) is 1.36. The average Bonchev–Trinajstić information content (AvgIpc) is 3.44. The number of benzene rings is 2. The van der Waals surface area contributed by atoms with E-state index >= 15 is 0 Å². The SMILES string of the molecule is Cn1nnc(C2CC3(c4ccccc4)NC2CCC3OC(CO)c2cc(C(F)(F)F)cc(C(F)(F)F)c2)n1. The Hall–Kier alpha value is -3.03. The Balaban J connectivity index is 1.52. The monoisotopic (exact) mass is 541 g/mol. The van der Waals surface area contributed by atoms with E-state index in [4.69, 9.17) is 4.74 Å². The first-order valence-corrected chi connectivity index (χ1v) is 12.0. The Morgan fingerprint density at radius 3 is 2.26 bits per heavy atom. The van der Waals surface area contributed by atoms with Gasteiger partial charge in [0.1, 0.15) is 6.10 Å². The topological polar surface area (TPSA) is 85.1 Å². The minimum Gasteiger partial charge on any atom is -0.393 e. The summed E-state index contributed by atoms with van der Waals surface area (Å²) >= 11 is 0. The van der Waals surface area contributed by atoms with Gasteiger partial charge in [-0.3, -0.25) is 0 Å². The lowest BCUT2D eigenvalue weighted by molar-refractivity contribution is -0.143. The van der Waals surface area contributed by atoms with Gasteiger partial charge in [-0.2, -0.15) is 31.1 Å². The third kappa shape index (κ3) is 4.90. The molecule has 13 heteroatoms. The third-order valence-corrected chi connectivity index (χ3v) is 7.38. The predicted molar refractivity (Wildman–Crippen MR) is 122 cm³/mol. The van der Waals surface area contributed by atoms with Crippen LogP contribution in [0.5, 0.6) is 0 Å². The van der Waals surface area contributed by atoms with Crippen molar-refractivity contribution in [2.24, 2.45) is 7.05 Å². The van der Waals surface area contributed by atoms with Gasteiger partial charge in [-0.05, 0) is 53.8 Å². The van der Waals surface area contributed by atoms with Gasteiger partial charge in [-0.25, -0.2) is 0 Å². The second-order valence-electron chi connectivity index (χ2n) is 9.75. The summed E-state index contributed by atoms with van der Waals surface area (Å²) in [6.45, 7) is -0.807. The van der Waals surface area contributed by atoms with Gasteiger partial charge >= 0.3 is 12.4 Å². The van der Waals surface area contributed by atoms with E-state index in [1.807, 2.05) is 30.3 Å². The van der Waals surface area contributed by atoms with E-state index in [-0.39, 0.29) is 18.0 Å². The molecule has 2 saturated heterocycles. The number of fused-ring (bicyclic) bond motifs is 2. The number of aryl methyl sites for hydroxylation is 1. The van der Waals surface area contributed by atoms with Crippen molar-refractivity contribution in [2.75, 3.05) is 6.61 Å². The number of rotatable bonds is 6. The molecule has 5 atom stereocenters. The fourth-order valence-electron chi connectivity index (χ4n) is 5.67. The van der Waals surface area contributed by atoms with Crippen LogP contribution < -0.4 is 5.32 Å². The van der Waals surface area contributed by atoms with Gasteiger partial charge in [0.2, 0.25) is 0 Å². The van der Waals surface area contributed by atoms with Crippen molar-refractivity contribution in [2.45, 2.75) is 61.3 Å². The molecule has 2 aliphatic rings. The largest absolute Gasteiger partial charge is 0.416 e. The molecule has 3 aromatic rings. The third-order valence-electron chi connectivity index (χ3n) is 7.38. The van der Waals surface area contributed by atoms with Crippen molar-refractivity contribution in [3.05, 3.63) is 76.6 Å². The van der Waals surface area contributed by atoms with E-state index < -0.39 is 53.4 Å². The fourth-order valence-corrected chi connectivity index (χ4v) is 5.67. The second-order valence-corrected chi connectivity index (χ2v) is 9.75. The van der Waals surface area contributed by atoms with E-state index in [0.29, 0.717) is 37.2 Å². The molecule has 2 bridgehead atoms. The summed E-state index contributed by atoms with van der Waals surface area (Å²) in [6.07, 6.45) is -10.6. The summed E-state index contributed by atoms with van der Waals surface area (Å²) in [5.74, 6) is 0.394. The molecule has 2 fully saturated rings. The second kappa shape index (κ2) is 9.62. The van der Waals surface area contributed by atoms with Gasteiger partial charge in [0.25, 0.3) is 0 Å². The lowest BCUT2D eigenvalue weighted by Gasteiger charge is -2.43. The van der Waals surface area contributed by atoms with Crippen molar-refractivity contribution in [3.8, 4) is 0 Å². The highest BCUT2D eigenvalue weighted by Crippen LogP contribution is 2.51. The Morgan fingerprint density at radius 2 is 1.71 bits per heavy atom. The molecule has 5 rings (SSSR count). The Labute approximate surface area is 213 Å². The first-order valence-electron chi connectivity index (χ1n) is 12.0. The van der Waals surface area contributed by atoms with Gasteiger partial charge in [-0.1, -0.05) is 30.3 Å². The normalized spacial score (nSPS) is 26.5. The van der Waals surface area contributed by atoms with Crippen LogP contribution in [-0.2, 0) is 29.7 Å². The van der Waals surface area contributed by atoms with Gasteiger partial charge < -0.3 is 15.2 Å². The molecule has 204 valence electrons. The summed E-state index contributed by atoms with van der Waals surface area (Å²) < 4.78 is 87.1. The number of ether oxygens (including phenoxy) is 1. The lowest BCUT2D eigenvalue weighted by Crippen LogP contribution is -2.55. The summed E-state index contributed by atoms with van der Waals surface area (Å²) in [5, 5.41) is 26.2. The van der Waals surface area contributed by atoms with Gasteiger partial charge in [0.15, 0.2) is 5.82 Å². The van der Waals surface area contributed by atoms with Gasteiger partial charge in [0, 0.05) is 12.0 Å². The van der Waals surface area contributed by atoms with Crippen LogP contribution in [-0.4, -0.2) is 44.1 Å². The number of nitrogens with one attached hydrogen (secondary N) is 1. The Bertz CT molecular complexity index is 1250. The van der Waals surface area contributed by atoms with E-state index in [0.717, 1.165) is 5.56 Å². The molecule has 2 aromatic carbocycles. The highest BCUT2D eigenvalue weighted by molar-refractivity contribution is 5.36. The van der Waals surface area contributed by atoms with Crippen LogP contribution >= 0.6 is 0 Å². The van der Waals surface area contributed by atoms with Crippen LogP contribution in [0.2, 0.25) is 0 Å². The number of hydrogen-bond donors (Lipinski definition) is 2. The number of tetrazole rings is 1. The minimum atomic E-state index is -5.01. The number of aliphatic hydroxyl groups excluding tert-OH is 1. The number of halogens is 6. The molecule has 0 saturated carbocycles. The lowest BCUT2D eigenvalue weighted by atomic mass is 9.79. The van der Waals surface area contributed by atoms with Crippen LogP contribution in [0, 0.1) is 0 Å². The van der Waals surface area contributed by atoms with E-state index in [2.05, 4.69) is 20.7 Å². The fraction of sp³-hybridized carbons (Fsp3) is 0.480. The molecule has 0 radical (unpaired) electrons. The maximum atomic E-state index is 13.5. The number of aliphatic hydroxyl groups is 1. The number of piperidine rings is 1. The van der Waals surface area contributed by atoms with E-state index in [1.54, 1.807) is 7.05 Å². The Kier molecular flexibility index (Phi) is 6.72. The summed E-state index contributed by atoms with van der Waals surface area (Å²) in [5.41, 5.74) is -3.31. The number of alkyl halides is 6. The maximum absolute atomic E-state index is 13.5. The zero-order valence-electron chi connectivity index (χ0n) is 20.2. The quantitative estimate of drug-likeness (QED) is 0.447. The van der Waals surface area contributed by atoms with Crippen molar-refractivity contribution < 1.29 is 36.2 Å². The molecule has 0 aliphatic carbocycles. The minimum absolute atomic E-state index is 0.0442. The predicted octanol–water partition coefficient (Wildman–Crippen LogP) is 4.50. The van der Waals surface area contributed by atoms with Crippen LogP contribution in [0.15, 0.2) is 48.5 Å². The van der Waals surface area contributed by atoms with Gasteiger partial charge in [0.05, 0.1) is 36.4 Å². The molecule has 5 unspecified atom stereocenters. The zero-order valence-corrected chi connectivity index (χ0v) is 20.2. The molecule has 0 spiro atoms. The number of hydrogen-bond acceptors (Lipinski definition) is 6. The summed E-state index contributed by atoms with van der Waals surface area (Å²) in [7, 11) is 1.65. The van der Waals surface area contributed by atoms with Gasteiger partial charge in [-0.15, -0.1) is 10.2 Å². The Morgan fingerprint density at radius 1 is 1.05 bits per heavy atom. The summed E-state index contributed by atoms with van der Waals surface area (Å²) in [6, 6.07) is 10.5. The van der Waals surface area contributed by atoms with Crippen LogP contribution in [0.25, 0.3) is 0 Å². The molecular weight excluding hydrogens is 516 g/mol. The average molecular weight is 541 g/mol. The van der Waals surface area contributed by atoms with Crippen molar-refractivity contribution in [1.82, 2.24) is 25.5 Å². The van der Waals surface area contributed by atoms with Crippen LogP contribution in [0.3, 0.4) is 0 Å². The molecule has 3 heterocycles. The highest BCUT2D eigenvalue weighted by atomic mass is 19.4. The van der Waals surface area contributed by atoms with Crippen LogP contribution in [0.4, 0.5) is 26.3 Å². The maximum Gasteiger partial charge on any atom is 0.416 e. The molecule has 38 heavy (non-hydrogen) atoms. The smallest absolute Gasteiger partial charge is 0.393 e. The number of aromatic nitrogens is 4. The van der Waals surface area contributed by atoms with E-state index in [1.165, 1.54) is 4.80 Å². The molecule has 1 aromatic heterocycles.